The van der Waals surface area contributed by atoms with Gasteiger partial charge in [-0.25, -0.2) is 4.52 Å². The summed E-state index contributed by atoms with van der Waals surface area (Å²) in [5.74, 6) is -0.0455. The third-order valence-corrected chi connectivity index (χ3v) is 5.17. The Labute approximate surface area is 147 Å². The Bertz CT molecular complexity index is 785. The van der Waals surface area contributed by atoms with E-state index >= 15 is 0 Å². The number of pyridine rings is 1. The minimum atomic E-state index is -0.104. The first-order valence-corrected chi connectivity index (χ1v) is 8.65. The average Bonchev–Trinajstić information content (AvgIpc) is 3.18. The molecule has 3 heterocycles. The second-order valence-electron chi connectivity index (χ2n) is 6.68. The van der Waals surface area contributed by atoms with Crippen molar-refractivity contribution in [2.24, 2.45) is 0 Å². The van der Waals surface area contributed by atoms with E-state index in [9.17, 15) is 9.59 Å². The molecule has 134 valence electrons. The Morgan fingerprint density at radius 1 is 1.32 bits per heavy atom. The fraction of sp³-hybridized carbons (Fsp3) is 0.500. The first-order chi connectivity index (χ1) is 12.0. The maximum atomic E-state index is 12.6. The van der Waals surface area contributed by atoms with Crippen molar-refractivity contribution < 1.29 is 9.59 Å². The Kier molecular flexibility index (Phi) is 5.03. The topological polar surface area (TPSA) is 78.7 Å². The highest BCUT2D eigenvalue weighted by Crippen LogP contribution is 2.24. The van der Waals surface area contributed by atoms with Gasteiger partial charge in [0, 0.05) is 38.3 Å². The quantitative estimate of drug-likeness (QED) is 0.848. The zero-order chi connectivity index (χ0) is 18.0. The molecule has 1 aliphatic rings. The Morgan fingerprint density at radius 2 is 2.08 bits per heavy atom. The lowest BCUT2D eigenvalue weighted by Gasteiger charge is -2.25. The number of rotatable bonds is 5. The largest absolute Gasteiger partial charge is 0.359 e. The molecule has 0 unspecified atom stereocenters. The van der Waals surface area contributed by atoms with E-state index in [2.05, 4.69) is 20.6 Å². The normalized spacial score (nSPS) is 20.8. The van der Waals surface area contributed by atoms with Gasteiger partial charge in [0.05, 0.1) is 17.3 Å². The molecule has 0 aliphatic carbocycles. The van der Waals surface area contributed by atoms with Crippen LogP contribution in [0.25, 0.3) is 5.52 Å². The standard InChI is InChI=1S/C18H25N5O2/c1-12-5-4-8-23-17(12)15(11-21-23)18(25)20-10-14-7-6-13(22(14)3)9-16(24)19-2/h4-5,8,11,13-14H,6-7,9-10H2,1-3H3,(H,19,24)(H,20,25)/t13-,14+/m1/s1. The first kappa shape index (κ1) is 17.4. The fourth-order valence-corrected chi connectivity index (χ4v) is 3.59. The molecule has 1 fully saturated rings. The van der Waals surface area contributed by atoms with Gasteiger partial charge in [-0.2, -0.15) is 5.10 Å². The van der Waals surface area contributed by atoms with Crippen LogP contribution in [0, 0.1) is 6.92 Å². The minimum absolute atomic E-state index is 0.0587. The zero-order valence-electron chi connectivity index (χ0n) is 15.0. The molecule has 0 radical (unpaired) electrons. The van der Waals surface area contributed by atoms with Gasteiger partial charge in [-0.05, 0) is 38.4 Å². The van der Waals surface area contributed by atoms with Crippen molar-refractivity contribution in [1.82, 2.24) is 25.1 Å². The van der Waals surface area contributed by atoms with Gasteiger partial charge in [-0.15, -0.1) is 0 Å². The average molecular weight is 343 g/mol. The Morgan fingerprint density at radius 3 is 2.84 bits per heavy atom. The van der Waals surface area contributed by atoms with Crippen LogP contribution in [0.3, 0.4) is 0 Å². The predicted octanol–water partition coefficient (Wildman–Crippen LogP) is 0.971. The van der Waals surface area contributed by atoms with E-state index in [1.54, 1.807) is 17.8 Å². The van der Waals surface area contributed by atoms with Crippen LogP contribution in [0.4, 0.5) is 0 Å². The molecular formula is C18H25N5O2. The van der Waals surface area contributed by atoms with Crippen molar-refractivity contribution in [2.75, 3.05) is 20.6 Å². The summed E-state index contributed by atoms with van der Waals surface area (Å²) in [6, 6.07) is 4.38. The van der Waals surface area contributed by atoms with Crippen LogP contribution in [-0.2, 0) is 4.79 Å². The van der Waals surface area contributed by atoms with Crippen LogP contribution in [0.2, 0.25) is 0 Å². The molecule has 0 saturated carbocycles. The van der Waals surface area contributed by atoms with Crippen molar-refractivity contribution in [2.45, 2.75) is 38.3 Å². The van der Waals surface area contributed by atoms with Gasteiger partial charge in [-0.3, -0.25) is 14.5 Å². The molecule has 25 heavy (non-hydrogen) atoms. The van der Waals surface area contributed by atoms with Crippen molar-refractivity contribution >= 4 is 17.3 Å². The summed E-state index contributed by atoms with van der Waals surface area (Å²) >= 11 is 0. The fourth-order valence-electron chi connectivity index (χ4n) is 3.59. The predicted molar refractivity (Wildman–Crippen MR) is 95.5 cm³/mol. The molecule has 0 aromatic carbocycles. The first-order valence-electron chi connectivity index (χ1n) is 8.65. The number of likely N-dealkylation sites (N-methyl/N-ethyl adjacent to an activating group) is 1. The lowest BCUT2D eigenvalue weighted by atomic mass is 10.1. The second-order valence-corrected chi connectivity index (χ2v) is 6.68. The van der Waals surface area contributed by atoms with Gasteiger partial charge in [0.25, 0.3) is 5.91 Å². The number of nitrogens with one attached hydrogen (secondary N) is 2. The third-order valence-electron chi connectivity index (χ3n) is 5.17. The second kappa shape index (κ2) is 7.23. The summed E-state index contributed by atoms with van der Waals surface area (Å²) in [6.45, 7) is 2.55. The van der Waals surface area contributed by atoms with Crippen molar-refractivity contribution in [3.8, 4) is 0 Å². The molecule has 2 N–H and O–H groups in total. The van der Waals surface area contributed by atoms with Gasteiger partial charge >= 0.3 is 0 Å². The molecule has 0 bridgehead atoms. The number of hydrogen-bond donors (Lipinski definition) is 2. The number of aromatic nitrogens is 2. The Hall–Kier alpha value is -2.41. The molecule has 7 nitrogen and oxygen atoms in total. The minimum Gasteiger partial charge on any atom is -0.359 e. The lowest BCUT2D eigenvalue weighted by Crippen LogP contribution is -2.42. The Balaban J connectivity index is 1.62. The van der Waals surface area contributed by atoms with Crippen LogP contribution in [0.1, 0.15) is 35.2 Å². The third kappa shape index (κ3) is 3.51. The van der Waals surface area contributed by atoms with Crippen molar-refractivity contribution in [1.29, 1.82) is 0 Å². The van der Waals surface area contributed by atoms with Crippen molar-refractivity contribution in [3.05, 3.63) is 35.7 Å². The summed E-state index contributed by atoms with van der Waals surface area (Å²) in [5.41, 5.74) is 2.46. The van der Waals surface area contributed by atoms with E-state index in [1.165, 1.54) is 0 Å². The summed E-state index contributed by atoms with van der Waals surface area (Å²) in [7, 11) is 3.68. The smallest absolute Gasteiger partial charge is 0.255 e. The highest BCUT2D eigenvalue weighted by atomic mass is 16.2. The van der Waals surface area contributed by atoms with Gasteiger partial charge in [0.2, 0.25) is 5.91 Å². The van der Waals surface area contributed by atoms with E-state index in [4.69, 9.17) is 0 Å². The highest BCUT2D eigenvalue weighted by Gasteiger charge is 2.31. The van der Waals surface area contributed by atoms with Crippen LogP contribution >= 0.6 is 0 Å². The molecule has 1 saturated heterocycles. The monoisotopic (exact) mass is 343 g/mol. The molecule has 2 atom stereocenters. The van der Waals surface area contributed by atoms with Gasteiger partial charge in [0.15, 0.2) is 0 Å². The summed E-state index contributed by atoms with van der Waals surface area (Å²) in [4.78, 5) is 26.4. The number of nitrogens with zero attached hydrogens (tertiary/aromatic N) is 3. The maximum absolute atomic E-state index is 12.6. The molecule has 1 aliphatic heterocycles. The van der Waals surface area contributed by atoms with Crippen LogP contribution in [-0.4, -0.2) is 59.1 Å². The van der Waals surface area contributed by atoms with E-state index in [1.807, 2.05) is 32.3 Å². The molecule has 2 amide bonds. The summed E-state index contributed by atoms with van der Waals surface area (Å²) in [5, 5.41) is 9.95. The number of hydrogen-bond acceptors (Lipinski definition) is 4. The highest BCUT2D eigenvalue weighted by molar-refractivity contribution is 6.01. The lowest BCUT2D eigenvalue weighted by molar-refractivity contribution is -0.121. The summed E-state index contributed by atoms with van der Waals surface area (Å²) in [6.07, 6.45) is 5.91. The van der Waals surface area contributed by atoms with E-state index in [-0.39, 0.29) is 23.9 Å². The zero-order valence-corrected chi connectivity index (χ0v) is 15.0. The molecular weight excluding hydrogens is 318 g/mol. The van der Waals surface area contributed by atoms with Gasteiger partial charge in [-0.1, -0.05) is 6.07 Å². The number of likely N-dealkylation sites (tertiary alicyclic amines) is 1. The van der Waals surface area contributed by atoms with Crippen LogP contribution in [0.15, 0.2) is 24.5 Å². The number of aryl methyl sites for hydroxylation is 1. The maximum Gasteiger partial charge on any atom is 0.255 e. The summed E-state index contributed by atoms with van der Waals surface area (Å²) < 4.78 is 1.73. The van der Waals surface area contributed by atoms with Crippen LogP contribution < -0.4 is 10.6 Å². The van der Waals surface area contributed by atoms with Gasteiger partial charge in [0.1, 0.15) is 0 Å². The molecule has 2 aromatic heterocycles. The van der Waals surface area contributed by atoms with Crippen LogP contribution in [0.5, 0.6) is 0 Å². The molecule has 3 rings (SSSR count). The van der Waals surface area contributed by atoms with Gasteiger partial charge < -0.3 is 10.6 Å². The number of carbonyl (C=O) groups is 2. The SMILES string of the molecule is CNC(=O)C[C@H]1CC[C@@H](CNC(=O)c2cnn3cccc(C)c23)N1C. The van der Waals surface area contributed by atoms with E-state index in [0.717, 1.165) is 23.9 Å². The molecule has 7 heteroatoms. The number of fused-ring (bicyclic) bond motifs is 1. The van der Waals surface area contributed by atoms with E-state index in [0.29, 0.717) is 18.5 Å². The molecule has 0 spiro atoms. The molecule has 2 aromatic rings. The number of amides is 2. The number of carbonyl (C=O) groups excluding carboxylic acids is 2. The van der Waals surface area contributed by atoms with E-state index < -0.39 is 0 Å². The van der Waals surface area contributed by atoms with Crippen molar-refractivity contribution in [3.63, 3.8) is 0 Å².